The van der Waals surface area contributed by atoms with Crippen molar-refractivity contribution in [1.29, 1.82) is 0 Å². The molecule has 0 bridgehead atoms. The number of piperazine rings is 1. The normalized spacial score (nSPS) is 28.7. The van der Waals surface area contributed by atoms with Crippen molar-refractivity contribution < 1.29 is 4.52 Å². The zero-order valence-electron chi connectivity index (χ0n) is 12.6. The SMILES string of the molecule is CCC1CNC(C)(CC)CN1CCc1nc(C)no1. The summed E-state index contributed by atoms with van der Waals surface area (Å²) in [6, 6.07) is 0.614. The van der Waals surface area contributed by atoms with E-state index in [0.29, 0.717) is 6.04 Å². The number of nitrogens with zero attached hydrogens (tertiary/aromatic N) is 3. The van der Waals surface area contributed by atoms with E-state index in [2.05, 4.69) is 41.1 Å². The maximum absolute atomic E-state index is 5.20. The second-order valence-electron chi connectivity index (χ2n) is 5.81. The van der Waals surface area contributed by atoms with E-state index in [1.807, 2.05) is 6.92 Å². The van der Waals surface area contributed by atoms with E-state index in [9.17, 15) is 0 Å². The summed E-state index contributed by atoms with van der Waals surface area (Å²) in [5.74, 6) is 1.48. The first-order valence-corrected chi connectivity index (χ1v) is 7.34. The van der Waals surface area contributed by atoms with Gasteiger partial charge in [-0.05, 0) is 26.7 Å². The molecule has 19 heavy (non-hydrogen) atoms. The molecule has 0 spiro atoms. The van der Waals surface area contributed by atoms with Crippen molar-refractivity contribution >= 4 is 0 Å². The molecule has 1 aliphatic heterocycles. The minimum atomic E-state index is 0.233. The first-order chi connectivity index (χ1) is 9.06. The first kappa shape index (κ1) is 14.5. The highest BCUT2D eigenvalue weighted by molar-refractivity contribution is 4.95. The van der Waals surface area contributed by atoms with E-state index in [0.717, 1.165) is 44.2 Å². The van der Waals surface area contributed by atoms with Gasteiger partial charge in [-0.3, -0.25) is 4.90 Å². The molecular formula is C14H26N4O. The molecule has 2 atom stereocenters. The van der Waals surface area contributed by atoms with E-state index in [1.54, 1.807) is 0 Å². The highest BCUT2D eigenvalue weighted by Crippen LogP contribution is 2.20. The van der Waals surface area contributed by atoms with Crippen LogP contribution in [-0.4, -0.2) is 46.3 Å². The van der Waals surface area contributed by atoms with Crippen LogP contribution in [0, 0.1) is 6.92 Å². The van der Waals surface area contributed by atoms with Gasteiger partial charge in [0.05, 0.1) is 0 Å². The van der Waals surface area contributed by atoms with Crippen molar-refractivity contribution in [1.82, 2.24) is 20.4 Å². The van der Waals surface area contributed by atoms with Gasteiger partial charge in [-0.1, -0.05) is 19.0 Å². The fourth-order valence-electron chi connectivity index (χ4n) is 2.71. The van der Waals surface area contributed by atoms with Gasteiger partial charge in [0, 0.05) is 37.6 Å². The zero-order valence-corrected chi connectivity index (χ0v) is 12.6. The predicted octanol–water partition coefficient (Wildman–Crippen LogP) is 1.77. The highest BCUT2D eigenvalue weighted by atomic mass is 16.5. The Morgan fingerprint density at radius 2 is 2.26 bits per heavy atom. The lowest BCUT2D eigenvalue weighted by molar-refractivity contribution is 0.0811. The maximum atomic E-state index is 5.20. The lowest BCUT2D eigenvalue weighted by atomic mass is 9.92. The molecule has 108 valence electrons. The lowest BCUT2D eigenvalue weighted by Gasteiger charge is -2.45. The Morgan fingerprint density at radius 1 is 1.47 bits per heavy atom. The Morgan fingerprint density at radius 3 is 2.84 bits per heavy atom. The van der Waals surface area contributed by atoms with Gasteiger partial charge in [-0.25, -0.2) is 0 Å². The van der Waals surface area contributed by atoms with Gasteiger partial charge < -0.3 is 9.84 Å². The van der Waals surface area contributed by atoms with Crippen molar-refractivity contribution in [3.63, 3.8) is 0 Å². The molecular weight excluding hydrogens is 240 g/mol. The van der Waals surface area contributed by atoms with E-state index in [4.69, 9.17) is 4.52 Å². The Kier molecular flexibility index (Phi) is 4.58. The van der Waals surface area contributed by atoms with E-state index in [1.165, 1.54) is 6.42 Å². The Hall–Kier alpha value is -0.940. The summed E-state index contributed by atoms with van der Waals surface area (Å²) in [6.07, 6.45) is 3.17. The highest BCUT2D eigenvalue weighted by Gasteiger charge is 2.33. The summed E-state index contributed by atoms with van der Waals surface area (Å²) in [7, 11) is 0. The standard InChI is InChI=1S/C14H26N4O/c1-5-12-9-15-14(4,6-2)10-18(12)8-7-13-16-11(3)17-19-13/h12,15H,5-10H2,1-4H3. The number of nitrogens with one attached hydrogen (secondary N) is 1. The summed E-state index contributed by atoms with van der Waals surface area (Å²) in [4.78, 5) is 6.85. The largest absolute Gasteiger partial charge is 0.339 e. The van der Waals surface area contributed by atoms with Crippen LogP contribution in [0.3, 0.4) is 0 Å². The molecule has 0 amide bonds. The molecule has 1 aromatic heterocycles. The van der Waals surface area contributed by atoms with Gasteiger partial charge >= 0.3 is 0 Å². The third-order valence-corrected chi connectivity index (χ3v) is 4.27. The minimum Gasteiger partial charge on any atom is -0.339 e. The smallest absolute Gasteiger partial charge is 0.227 e. The van der Waals surface area contributed by atoms with Crippen LogP contribution in [-0.2, 0) is 6.42 Å². The second kappa shape index (κ2) is 6.01. The molecule has 0 aromatic carbocycles. The molecule has 1 N–H and O–H groups in total. The summed E-state index contributed by atoms with van der Waals surface area (Å²) in [6.45, 7) is 11.8. The van der Waals surface area contributed by atoms with Crippen molar-refractivity contribution in [2.75, 3.05) is 19.6 Å². The molecule has 0 aliphatic carbocycles. The van der Waals surface area contributed by atoms with Crippen molar-refractivity contribution in [3.8, 4) is 0 Å². The van der Waals surface area contributed by atoms with Crippen LogP contribution in [0.25, 0.3) is 0 Å². The molecule has 0 radical (unpaired) electrons. The minimum absolute atomic E-state index is 0.233. The Bertz CT molecular complexity index is 406. The van der Waals surface area contributed by atoms with Gasteiger partial charge in [0.25, 0.3) is 0 Å². The van der Waals surface area contributed by atoms with Crippen LogP contribution in [0.5, 0.6) is 0 Å². The summed E-state index contributed by atoms with van der Waals surface area (Å²) in [5, 5.41) is 7.53. The van der Waals surface area contributed by atoms with E-state index >= 15 is 0 Å². The number of rotatable bonds is 5. The number of hydrogen-bond donors (Lipinski definition) is 1. The zero-order chi connectivity index (χ0) is 13.9. The van der Waals surface area contributed by atoms with Crippen molar-refractivity contribution in [2.24, 2.45) is 0 Å². The summed E-state index contributed by atoms with van der Waals surface area (Å²) >= 11 is 0. The van der Waals surface area contributed by atoms with Crippen molar-refractivity contribution in [3.05, 3.63) is 11.7 Å². The molecule has 2 unspecified atom stereocenters. The van der Waals surface area contributed by atoms with Gasteiger partial charge in [-0.15, -0.1) is 0 Å². The quantitative estimate of drug-likeness (QED) is 0.880. The average Bonchev–Trinajstić information content (AvgIpc) is 2.82. The van der Waals surface area contributed by atoms with E-state index < -0.39 is 0 Å². The molecule has 1 aliphatic rings. The van der Waals surface area contributed by atoms with Crippen LogP contribution >= 0.6 is 0 Å². The number of hydrogen-bond acceptors (Lipinski definition) is 5. The fraction of sp³-hybridized carbons (Fsp3) is 0.857. The van der Waals surface area contributed by atoms with E-state index in [-0.39, 0.29) is 5.54 Å². The Balaban J connectivity index is 1.94. The molecule has 0 saturated carbocycles. The second-order valence-corrected chi connectivity index (χ2v) is 5.81. The van der Waals surface area contributed by atoms with Gasteiger partial charge in [0.2, 0.25) is 5.89 Å². The molecule has 1 saturated heterocycles. The lowest BCUT2D eigenvalue weighted by Crippen LogP contribution is -2.62. The third-order valence-electron chi connectivity index (χ3n) is 4.27. The number of aryl methyl sites for hydroxylation is 1. The van der Waals surface area contributed by atoms with Crippen molar-refractivity contribution in [2.45, 2.75) is 58.5 Å². The summed E-state index contributed by atoms with van der Waals surface area (Å²) in [5.41, 5.74) is 0.233. The van der Waals surface area contributed by atoms with Gasteiger partial charge in [0.1, 0.15) is 0 Å². The fourth-order valence-corrected chi connectivity index (χ4v) is 2.71. The van der Waals surface area contributed by atoms with Crippen LogP contribution < -0.4 is 5.32 Å². The first-order valence-electron chi connectivity index (χ1n) is 7.34. The molecule has 1 fully saturated rings. The van der Waals surface area contributed by atoms with Crippen LogP contribution in [0.2, 0.25) is 0 Å². The van der Waals surface area contributed by atoms with Crippen LogP contribution in [0.4, 0.5) is 0 Å². The topological polar surface area (TPSA) is 54.2 Å². The molecule has 1 aromatic rings. The van der Waals surface area contributed by atoms with Gasteiger partial charge in [-0.2, -0.15) is 4.98 Å². The molecule has 5 heteroatoms. The third kappa shape index (κ3) is 3.54. The average molecular weight is 266 g/mol. The molecule has 5 nitrogen and oxygen atoms in total. The summed E-state index contributed by atoms with van der Waals surface area (Å²) < 4.78 is 5.20. The predicted molar refractivity (Wildman–Crippen MR) is 75.1 cm³/mol. The van der Waals surface area contributed by atoms with Gasteiger partial charge in [0.15, 0.2) is 5.82 Å². The van der Waals surface area contributed by atoms with Crippen LogP contribution in [0.15, 0.2) is 4.52 Å². The van der Waals surface area contributed by atoms with Crippen LogP contribution in [0.1, 0.15) is 45.3 Å². The molecule has 2 heterocycles. The Labute approximate surface area is 115 Å². The monoisotopic (exact) mass is 266 g/mol. The molecule has 2 rings (SSSR count). The maximum Gasteiger partial charge on any atom is 0.227 e. The number of aromatic nitrogens is 2.